The maximum Gasteiger partial charge on any atom is 0.255 e. The normalized spacial score (nSPS) is 10.6. The summed E-state index contributed by atoms with van der Waals surface area (Å²) in [6.07, 6.45) is 0. The fourth-order valence-corrected chi connectivity index (χ4v) is 3.84. The molecule has 3 rings (SSSR count). The minimum atomic E-state index is -0.107. The number of carbonyl (C=O) groups excluding carboxylic acids is 1. The molecule has 3 aromatic rings. The Morgan fingerprint density at radius 3 is 2.50 bits per heavy atom. The number of aromatic nitrogens is 1. The lowest BCUT2D eigenvalue weighted by Gasteiger charge is -2.06. The molecule has 2 aromatic carbocycles. The van der Waals surface area contributed by atoms with Crippen molar-refractivity contribution in [3.05, 3.63) is 74.6 Å². The van der Waals surface area contributed by atoms with E-state index in [9.17, 15) is 4.79 Å². The molecule has 1 heterocycles. The first kappa shape index (κ1) is 17.2. The highest BCUT2D eigenvalue weighted by Gasteiger charge is 2.07. The number of carbonyl (C=O) groups is 1. The third kappa shape index (κ3) is 4.69. The number of halogens is 1. The quantitative estimate of drug-likeness (QED) is 0.535. The van der Waals surface area contributed by atoms with Gasteiger partial charge in [0.05, 0.1) is 10.7 Å². The van der Waals surface area contributed by atoms with Gasteiger partial charge in [-0.1, -0.05) is 15.9 Å². The van der Waals surface area contributed by atoms with Crippen molar-refractivity contribution >= 4 is 50.6 Å². The van der Waals surface area contributed by atoms with Crippen molar-refractivity contribution in [2.45, 2.75) is 17.6 Å². The summed E-state index contributed by atoms with van der Waals surface area (Å²) in [7, 11) is 0. The van der Waals surface area contributed by atoms with Gasteiger partial charge >= 0.3 is 0 Å². The number of hydrogen-bond donors (Lipinski definition) is 1. The molecule has 3 nitrogen and oxygen atoms in total. The van der Waals surface area contributed by atoms with Crippen LogP contribution in [-0.2, 0) is 5.75 Å². The molecule has 0 fully saturated rings. The van der Waals surface area contributed by atoms with Crippen LogP contribution in [0.15, 0.2) is 63.3 Å². The fraction of sp³-hybridized carbons (Fsp3) is 0.111. The summed E-state index contributed by atoms with van der Waals surface area (Å²) in [5.74, 6) is 0.735. The molecule has 0 aliphatic heterocycles. The van der Waals surface area contributed by atoms with Crippen molar-refractivity contribution in [2.75, 3.05) is 5.32 Å². The molecule has 0 saturated carbocycles. The number of hydrogen-bond acceptors (Lipinski definition) is 4. The lowest BCUT2D eigenvalue weighted by molar-refractivity contribution is 0.102. The summed E-state index contributed by atoms with van der Waals surface area (Å²) in [6.45, 7) is 2.01. The Morgan fingerprint density at radius 2 is 1.88 bits per heavy atom. The first-order chi connectivity index (χ1) is 11.6. The van der Waals surface area contributed by atoms with Crippen LogP contribution < -0.4 is 5.32 Å². The average Bonchev–Trinajstić information content (AvgIpc) is 3.01. The van der Waals surface area contributed by atoms with Gasteiger partial charge in [0.1, 0.15) is 0 Å². The van der Waals surface area contributed by atoms with E-state index in [-0.39, 0.29) is 5.91 Å². The minimum absolute atomic E-state index is 0.107. The van der Waals surface area contributed by atoms with Gasteiger partial charge in [-0.3, -0.25) is 4.79 Å². The Labute approximate surface area is 157 Å². The largest absolute Gasteiger partial charge is 0.322 e. The van der Waals surface area contributed by atoms with Crippen LogP contribution in [0.1, 0.15) is 21.1 Å². The first-order valence-electron chi connectivity index (χ1n) is 7.31. The molecule has 0 saturated heterocycles. The molecule has 122 valence electrons. The number of thiazole rings is 1. The molecule has 0 aliphatic rings. The van der Waals surface area contributed by atoms with Gasteiger partial charge < -0.3 is 5.32 Å². The zero-order valence-electron chi connectivity index (χ0n) is 13.0. The van der Waals surface area contributed by atoms with Crippen LogP contribution in [0, 0.1) is 6.92 Å². The van der Waals surface area contributed by atoms with Crippen LogP contribution in [0.25, 0.3) is 0 Å². The highest BCUT2D eigenvalue weighted by molar-refractivity contribution is 9.10. The Hall–Kier alpha value is -1.63. The summed E-state index contributed by atoms with van der Waals surface area (Å²) in [5, 5.41) is 6.06. The van der Waals surface area contributed by atoms with Crippen LogP contribution >= 0.6 is 39.0 Å². The van der Waals surface area contributed by atoms with Crippen LogP contribution in [0.4, 0.5) is 5.69 Å². The number of nitrogens with zero attached hydrogens (tertiary/aromatic N) is 1. The fourth-order valence-electron chi connectivity index (χ4n) is 2.07. The molecular weight excluding hydrogens is 404 g/mol. The highest BCUT2D eigenvalue weighted by atomic mass is 79.9. The molecule has 1 aromatic heterocycles. The van der Waals surface area contributed by atoms with E-state index >= 15 is 0 Å². The highest BCUT2D eigenvalue weighted by Crippen LogP contribution is 2.24. The van der Waals surface area contributed by atoms with Gasteiger partial charge in [0.2, 0.25) is 0 Å². The van der Waals surface area contributed by atoms with E-state index < -0.39 is 0 Å². The molecule has 24 heavy (non-hydrogen) atoms. The Bertz CT molecular complexity index is 829. The predicted molar refractivity (Wildman–Crippen MR) is 105 cm³/mol. The van der Waals surface area contributed by atoms with Gasteiger partial charge in [0.15, 0.2) is 0 Å². The Balaban J connectivity index is 1.59. The zero-order chi connectivity index (χ0) is 16.9. The van der Waals surface area contributed by atoms with E-state index in [0.29, 0.717) is 5.56 Å². The number of benzene rings is 2. The minimum Gasteiger partial charge on any atom is -0.322 e. The zero-order valence-corrected chi connectivity index (χ0v) is 16.2. The van der Waals surface area contributed by atoms with Gasteiger partial charge in [-0.25, -0.2) is 4.98 Å². The second kappa shape index (κ2) is 7.96. The van der Waals surface area contributed by atoms with Crippen molar-refractivity contribution in [2.24, 2.45) is 0 Å². The molecule has 0 spiro atoms. The maximum atomic E-state index is 12.3. The van der Waals surface area contributed by atoms with Crippen LogP contribution in [0.3, 0.4) is 0 Å². The Kier molecular flexibility index (Phi) is 5.71. The van der Waals surface area contributed by atoms with E-state index in [0.717, 1.165) is 31.5 Å². The molecule has 0 atom stereocenters. The van der Waals surface area contributed by atoms with Crippen LogP contribution in [-0.4, -0.2) is 10.9 Å². The van der Waals surface area contributed by atoms with Gasteiger partial charge in [-0.05, 0) is 55.5 Å². The van der Waals surface area contributed by atoms with Crippen molar-refractivity contribution < 1.29 is 4.79 Å². The van der Waals surface area contributed by atoms with E-state index in [4.69, 9.17) is 0 Å². The monoisotopic (exact) mass is 418 g/mol. The van der Waals surface area contributed by atoms with Crippen molar-refractivity contribution in [1.82, 2.24) is 4.98 Å². The van der Waals surface area contributed by atoms with Gasteiger partial charge in [-0.2, -0.15) is 0 Å². The molecule has 6 heteroatoms. The number of nitrogens with one attached hydrogen (secondary N) is 1. The summed E-state index contributed by atoms with van der Waals surface area (Å²) in [5.41, 5.74) is 2.52. The lowest BCUT2D eigenvalue weighted by atomic mass is 10.2. The average molecular weight is 419 g/mol. The standard InChI is InChI=1S/C18H15BrN2OS2/c1-12-20-16(10-23-12)11-24-17-8-2-13(3-9-17)18(22)21-15-6-4-14(19)5-7-15/h2-10H,11H2,1H3,(H,21,22). The second-order valence-electron chi connectivity index (χ2n) is 5.13. The van der Waals surface area contributed by atoms with Gasteiger partial charge in [-0.15, -0.1) is 23.1 Å². The molecule has 0 aliphatic carbocycles. The summed E-state index contributed by atoms with van der Waals surface area (Å²) in [4.78, 5) is 17.8. The maximum absolute atomic E-state index is 12.3. The SMILES string of the molecule is Cc1nc(CSc2ccc(C(=O)Nc3ccc(Br)cc3)cc2)cs1. The number of anilines is 1. The van der Waals surface area contributed by atoms with Crippen molar-refractivity contribution in [3.8, 4) is 0 Å². The summed E-state index contributed by atoms with van der Waals surface area (Å²) < 4.78 is 0.984. The predicted octanol–water partition coefficient (Wildman–Crippen LogP) is 5.76. The lowest BCUT2D eigenvalue weighted by Crippen LogP contribution is -2.11. The third-order valence-corrected chi connectivity index (χ3v) is 5.67. The molecular formula is C18H15BrN2OS2. The molecule has 0 bridgehead atoms. The van der Waals surface area contributed by atoms with Gasteiger partial charge in [0.25, 0.3) is 5.91 Å². The molecule has 1 N–H and O–H groups in total. The third-order valence-electron chi connectivity index (χ3n) is 3.27. The van der Waals surface area contributed by atoms with Gasteiger partial charge in [0, 0.05) is 31.8 Å². The topological polar surface area (TPSA) is 42.0 Å². The smallest absolute Gasteiger partial charge is 0.255 e. The molecule has 0 radical (unpaired) electrons. The first-order valence-corrected chi connectivity index (χ1v) is 9.97. The number of thioether (sulfide) groups is 1. The molecule has 1 amide bonds. The van der Waals surface area contributed by atoms with Crippen LogP contribution in [0.2, 0.25) is 0 Å². The van der Waals surface area contributed by atoms with E-state index in [1.165, 1.54) is 0 Å². The van der Waals surface area contributed by atoms with Crippen molar-refractivity contribution in [3.63, 3.8) is 0 Å². The second-order valence-corrected chi connectivity index (χ2v) is 8.16. The van der Waals surface area contributed by atoms with Crippen LogP contribution in [0.5, 0.6) is 0 Å². The van der Waals surface area contributed by atoms with E-state index in [1.54, 1.807) is 23.1 Å². The summed E-state index contributed by atoms with van der Waals surface area (Å²) >= 11 is 6.77. The van der Waals surface area contributed by atoms with E-state index in [2.05, 4.69) is 31.6 Å². The molecule has 0 unspecified atom stereocenters. The van der Waals surface area contributed by atoms with Crippen molar-refractivity contribution in [1.29, 1.82) is 0 Å². The van der Waals surface area contributed by atoms with E-state index in [1.807, 2.05) is 55.5 Å². The number of aryl methyl sites for hydroxylation is 1. The number of rotatable bonds is 5. The number of amides is 1. The Morgan fingerprint density at radius 1 is 1.17 bits per heavy atom. The summed E-state index contributed by atoms with van der Waals surface area (Å²) in [6, 6.07) is 15.2.